The highest BCUT2D eigenvalue weighted by Gasteiger charge is 2.20. The van der Waals surface area contributed by atoms with E-state index in [1.165, 1.54) is 0 Å². The lowest BCUT2D eigenvalue weighted by atomic mass is 10.1. The zero-order valence-corrected chi connectivity index (χ0v) is 17.0. The lowest BCUT2D eigenvalue weighted by Crippen LogP contribution is -2.41. The van der Waals surface area contributed by atoms with Crippen molar-refractivity contribution in [3.8, 4) is 0 Å². The van der Waals surface area contributed by atoms with E-state index >= 15 is 0 Å². The second-order valence-corrected chi connectivity index (χ2v) is 6.83. The van der Waals surface area contributed by atoms with Crippen LogP contribution in [-0.2, 0) is 19.1 Å². The highest BCUT2D eigenvalue weighted by molar-refractivity contribution is 6.39. The van der Waals surface area contributed by atoms with Crippen molar-refractivity contribution in [3.05, 3.63) is 53.7 Å². The van der Waals surface area contributed by atoms with Crippen LogP contribution in [0.1, 0.15) is 15.9 Å². The first kappa shape index (κ1) is 21.9. The lowest BCUT2D eigenvalue weighted by molar-refractivity contribution is -0.136. The number of ether oxygens (including phenoxy) is 1. The Morgan fingerprint density at radius 2 is 1.77 bits per heavy atom. The Bertz CT molecular complexity index is 959. The van der Waals surface area contributed by atoms with Gasteiger partial charge in [-0.1, -0.05) is 6.07 Å². The van der Waals surface area contributed by atoms with Crippen LogP contribution in [0.5, 0.6) is 0 Å². The molecule has 0 aliphatic carbocycles. The quantitative estimate of drug-likeness (QED) is 0.449. The average molecular weight is 425 g/mol. The third kappa shape index (κ3) is 6.09. The van der Waals surface area contributed by atoms with E-state index in [1.807, 2.05) is 6.92 Å². The summed E-state index contributed by atoms with van der Waals surface area (Å²) in [5, 5.41) is 7.48. The maximum atomic E-state index is 12.2. The topological polar surface area (TPSA) is 130 Å². The summed E-state index contributed by atoms with van der Waals surface area (Å²) in [5.74, 6) is -1.84. The van der Waals surface area contributed by atoms with E-state index in [4.69, 9.17) is 4.74 Å². The highest BCUT2D eigenvalue weighted by atomic mass is 16.5. The van der Waals surface area contributed by atoms with Gasteiger partial charge in [-0.25, -0.2) is 4.98 Å². The van der Waals surface area contributed by atoms with Gasteiger partial charge in [0.05, 0.1) is 6.61 Å². The number of hydrogen-bond donors (Lipinski definition) is 3. The molecule has 4 amide bonds. The van der Waals surface area contributed by atoms with Crippen LogP contribution in [0.25, 0.3) is 0 Å². The van der Waals surface area contributed by atoms with Crippen molar-refractivity contribution >= 4 is 35.1 Å². The van der Waals surface area contributed by atoms with E-state index in [1.54, 1.807) is 47.5 Å². The molecule has 10 heteroatoms. The lowest BCUT2D eigenvalue weighted by Gasteiger charge is -2.26. The van der Waals surface area contributed by atoms with Crippen molar-refractivity contribution < 1.29 is 23.9 Å². The smallest absolute Gasteiger partial charge is 0.314 e. The van der Waals surface area contributed by atoms with Crippen LogP contribution >= 0.6 is 0 Å². The van der Waals surface area contributed by atoms with Crippen molar-refractivity contribution in [3.63, 3.8) is 0 Å². The number of hydrogen-bond acceptors (Lipinski definition) is 6. The van der Waals surface area contributed by atoms with Crippen LogP contribution in [0.15, 0.2) is 42.6 Å². The Kier molecular flexibility index (Phi) is 7.28. The minimum atomic E-state index is -0.837. The molecule has 1 aromatic heterocycles. The summed E-state index contributed by atoms with van der Waals surface area (Å²) in [6.07, 6.45) is 1.58. The van der Waals surface area contributed by atoms with E-state index < -0.39 is 11.8 Å². The molecule has 0 bridgehead atoms. The predicted octanol–water partition coefficient (Wildman–Crippen LogP) is 0.238. The van der Waals surface area contributed by atoms with Gasteiger partial charge in [0.25, 0.3) is 11.8 Å². The van der Waals surface area contributed by atoms with E-state index in [0.717, 1.165) is 5.56 Å². The van der Waals surface area contributed by atoms with Crippen LogP contribution in [0.2, 0.25) is 0 Å². The normalized spacial score (nSPS) is 13.5. The third-order valence-electron chi connectivity index (χ3n) is 4.48. The zero-order valence-electron chi connectivity index (χ0n) is 17.0. The molecule has 0 atom stereocenters. The Morgan fingerprint density at radius 1 is 1.03 bits per heavy atom. The molecule has 3 rings (SSSR count). The van der Waals surface area contributed by atoms with Gasteiger partial charge in [-0.3, -0.25) is 19.2 Å². The molecule has 31 heavy (non-hydrogen) atoms. The van der Waals surface area contributed by atoms with Crippen molar-refractivity contribution in [2.45, 2.75) is 6.92 Å². The molecule has 0 saturated carbocycles. The fraction of sp³-hybridized carbons (Fsp3) is 0.286. The van der Waals surface area contributed by atoms with Gasteiger partial charge >= 0.3 is 11.8 Å². The Balaban J connectivity index is 1.40. The van der Waals surface area contributed by atoms with E-state index in [-0.39, 0.29) is 37.3 Å². The predicted molar refractivity (Wildman–Crippen MR) is 113 cm³/mol. The molecule has 162 valence electrons. The number of carbonyl (C=O) groups is 4. The molecule has 1 aliphatic heterocycles. The molecular formula is C21H23N5O5. The second-order valence-electron chi connectivity index (χ2n) is 6.83. The first-order valence-corrected chi connectivity index (χ1v) is 9.72. The molecule has 0 spiro atoms. The number of pyridine rings is 1. The molecule has 1 saturated heterocycles. The maximum Gasteiger partial charge on any atom is 0.314 e. The molecule has 2 aromatic rings. The van der Waals surface area contributed by atoms with Crippen LogP contribution in [0, 0.1) is 6.92 Å². The summed E-state index contributed by atoms with van der Waals surface area (Å²) in [6, 6.07) is 10.00. The molecule has 1 aromatic carbocycles. The Hall–Kier alpha value is -3.79. The number of aromatic nitrogens is 1. The van der Waals surface area contributed by atoms with E-state index in [9.17, 15) is 19.2 Å². The van der Waals surface area contributed by atoms with Gasteiger partial charge in [0, 0.05) is 37.1 Å². The molecular weight excluding hydrogens is 402 g/mol. The fourth-order valence-electron chi connectivity index (χ4n) is 2.83. The van der Waals surface area contributed by atoms with Gasteiger partial charge in [-0.05, 0) is 42.8 Å². The number of anilines is 2. The number of rotatable bonds is 6. The average Bonchev–Trinajstić information content (AvgIpc) is 2.78. The van der Waals surface area contributed by atoms with E-state index in [2.05, 4.69) is 20.9 Å². The minimum absolute atomic E-state index is 0.0491. The van der Waals surface area contributed by atoms with Crippen molar-refractivity contribution in [2.24, 2.45) is 0 Å². The first-order chi connectivity index (χ1) is 14.9. The van der Waals surface area contributed by atoms with Gasteiger partial charge in [0.1, 0.15) is 12.4 Å². The summed E-state index contributed by atoms with van der Waals surface area (Å²) in [5.41, 5.74) is 2.05. The monoisotopic (exact) mass is 425 g/mol. The molecule has 2 heterocycles. The van der Waals surface area contributed by atoms with Crippen LogP contribution in [0.3, 0.4) is 0 Å². The van der Waals surface area contributed by atoms with Crippen molar-refractivity contribution in [2.75, 3.05) is 43.1 Å². The number of nitrogens with one attached hydrogen (secondary N) is 3. The summed E-state index contributed by atoms with van der Waals surface area (Å²) in [6.45, 7) is 3.08. The van der Waals surface area contributed by atoms with Crippen LogP contribution < -0.4 is 20.9 Å². The number of benzene rings is 1. The standard InChI is InChI=1S/C21H23N5O5/c1-14-2-7-17(24-12-14)25-21(30)20(29)23-9-8-22-19(28)15-3-5-16(6-4-15)26-10-11-31-13-18(26)27/h2-7,12H,8-11,13H2,1H3,(H,22,28)(H,23,29)(H,24,25,30). The number of carbonyl (C=O) groups excluding carboxylic acids is 4. The molecule has 1 aliphatic rings. The van der Waals surface area contributed by atoms with E-state index in [0.29, 0.717) is 24.4 Å². The van der Waals surface area contributed by atoms with Crippen molar-refractivity contribution in [1.29, 1.82) is 0 Å². The number of morpholine rings is 1. The summed E-state index contributed by atoms with van der Waals surface area (Å²) < 4.78 is 5.10. The molecule has 3 N–H and O–H groups in total. The SMILES string of the molecule is Cc1ccc(NC(=O)C(=O)NCCNC(=O)c2ccc(N3CCOCC3=O)cc2)nc1. The Labute approximate surface area is 179 Å². The van der Waals surface area contributed by atoms with Gasteiger partial charge in [0.2, 0.25) is 0 Å². The van der Waals surface area contributed by atoms with Gasteiger partial charge in [-0.15, -0.1) is 0 Å². The number of nitrogens with zero attached hydrogens (tertiary/aromatic N) is 2. The molecule has 1 fully saturated rings. The summed E-state index contributed by atoms with van der Waals surface area (Å²) in [4.78, 5) is 53.4. The Morgan fingerprint density at radius 3 is 2.45 bits per heavy atom. The summed E-state index contributed by atoms with van der Waals surface area (Å²) >= 11 is 0. The zero-order chi connectivity index (χ0) is 22.2. The molecule has 0 unspecified atom stereocenters. The minimum Gasteiger partial charge on any atom is -0.370 e. The summed E-state index contributed by atoms with van der Waals surface area (Å²) in [7, 11) is 0. The van der Waals surface area contributed by atoms with Gasteiger partial charge in [0.15, 0.2) is 0 Å². The van der Waals surface area contributed by atoms with Crippen LogP contribution in [0.4, 0.5) is 11.5 Å². The molecule has 10 nitrogen and oxygen atoms in total. The van der Waals surface area contributed by atoms with Crippen LogP contribution in [-0.4, -0.2) is 61.5 Å². The van der Waals surface area contributed by atoms with Gasteiger partial charge in [-0.2, -0.15) is 0 Å². The number of aryl methyl sites for hydroxylation is 1. The second kappa shape index (κ2) is 10.3. The largest absolute Gasteiger partial charge is 0.370 e. The van der Waals surface area contributed by atoms with Crippen molar-refractivity contribution in [1.82, 2.24) is 15.6 Å². The molecule has 0 radical (unpaired) electrons. The number of amides is 4. The first-order valence-electron chi connectivity index (χ1n) is 9.72. The third-order valence-corrected chi connectivity index (χ3v) is 4.48. The fourth-order valence-corrected chi connectivity index (χ4v) is 2.83. The maximum absolute atomic E-state index is 12.2. The highest BCUT2D eigenvalue weighted by Crippen LogP contribution is 2.17. The van der Waals surface area contributed by atoms with Gasteiger partial charge < -0.3 is 25.6 Å².